The Morgan fingerprint density at radius 3 is 2.29 bits per heavy atom. The lowest BCUT2D eigenvalue weighted by Gasteiger charge is -2.07. The van der Waals surface area contributed by atoms with Crippen LogP contribution >= 0.6 is 0 Å². The summed E-state index contributed by atoms with van der Waals surface area (Å²) >= 11 is 0. The van der Waals surface area contributed by atoms with Gasteiger partial charge in [0.1, 0.15) is 5.75 Å². The van der Waals surface area contributed by atoms with Crippen molar-refractivity contribution in [1.82, 2.24) is 0 Å². The van der Waals surface area contributed by atoms with Gasteiger partial charge >= 0.3 is 0 Å². The first-order valence-corrected chi connectivity index (χ1v) is 7.97. The smallest absolute Gasteiger partial charge is 0.255 e. The molecule has 0 heterocycles. The summed E-state index contributed by atoms with van der Waals surface area (Å²) in [5.41, 5.74) is 2.92. The van der Waals surface area contributed by atoms with Crippen LogP contribution in [0.4, 0.5) is 5.69 Å². The zero-order valence-corrected chi connectivity index (χ0v) is 12.7. The highest BCUT2D eigenvalue weighted by molar-refractivity contribution is 7.95. The van der Waals surface area contributed by atoms with E-state index in [1.165, 1.54) is 12.1 Å². The number of aromatic hydroxyl groups is 1. The molecule has 0 saturated carbocycles. The van der Waals surface area contributed by atoms with Gasteiger partial charge in [0.25, 0.3) is 10.0 Å². The maximum Gasteiger partial charge on any atom is 0.255 e. The van der Waals surface area contributed by atoms with Gasteiger partial charge in [-0.2, -0.15) is 0 Å². The molecule has 0 bridgehead atoms. The van der Waals surface area contributed by atoms with Gasteiger partial charge in [0.15, 0.2) is 0 Å². The third-order valence-corrected chi connectivity index (χ3v) is 3.92. The van der Waals surface area contributed by atoms with Gasteiger partial charge in [0, 0.05) is 0 Å². The Bertz CT molecular complexity index is 763. The van der Waals surface area contributed by atoms with E-state index in [0.29, 0.717) is 0 Å². The van der Waals surface area contributed by atoms with Crippen LogP contribution in [-0.4, -0.2) is 13.5 Å². The summed E-state index contributed by atoms with van der Waals surface area (Å²) in [5.74, 6) is -0.104. The first kappa shape index (κ1) is 15.1. The fraction of sp³-hybridized carbons (Fsp3) is 0.125. The molecule has 0 aromatic heterocycles. The molecule has 0 aliphatic carbocycles. The monoisotopic (exact) mass is 303 g/mol. The van der Waals surface area contributed by atoms with Crippen molar-refractivity contribution in [3.63, 3.8) is 0 Å². The fourth-order valence-corrected chi connectivity index (χ4v) is 2.64. The molecule has 4 nitrogen and oxygen atoms in total. The Balaban J connectivity index is 2.18. The van der Waals surface area contributed by atoms with Gasteiger partial charge in [-0.15, -0.1) is 0 Å². The topological polar surface area (TPSA) is 66.4 Å². The van der Waals surface area contributed by atoms with Crippen LogP contribution < -0.4 is 4.72 Å². The van der Waals surface area contributed by atoms with Crippen molar-refractivity contribution >= 4 is 21.8 Å². The molecule has 0 unspecified atom stereocenters. The van der Waals surface area contributed by atoms with E-state index >= 15 is 0 Å². The number of hydrogen-bond acceptors (Lipinski definition) is 3. The Hall–Kier alpha value is -2.27. The highest BCUT2D eigenvalue weighted by Crippen LogP contribution is 2.25. The number of nitrogens with one attached hydrogen (secondary N) is 1. The second-order valence-electron chi connectivity index (χ2n) is 4.88. The van der Waals surface area contributed by atoms with E-state index in [9.17, 15) is 13.5 Å². The van der Waals surface area contributed by atoms with Crippen LogP contribution in [0.25, 0.3) is 6.08 Å². The standard InChI is InChI=1S/C16H17NO3S/c1-12-3-6-14(7-4-12)9-10-21(19,20)17-15-11-13(2)5-8-16(15)18/h3-11,17-18H,1-2H3/b10-9-. The first-order chi connectivity index (χ1) is 9.85. The van der Waals surface area contributed by atoms with Crippen molar-refractivity contribution in [2.45, 2.75) is 13.8 Å². The maximum absolute atomic E-state index is 12.0. The summed E-state index contributed by atoms with van der Waals surface area (Å²) in [6.07, 6.45) is 1.51. The predicted octanol–water partition coefficient (Wildman–Crippen LogP) is 3.42. The minimum absolute atomic E-state index is 0.104. The van der Waals surface area contributed by atoms with E-state index in [1.807, 2.05) is 38.1 Å². The maximum atomic E-state index is 12.0. The number of sulfonamides is 1. The summed E-state index contributed by atoms with van der Waals surface area (Å²) in [5, 5.41) is 10.7. The van der Waals surface area contributed by atoms with Gasteiger partial charge in [-0.1, -0.05) is 35.9 Å². The SMILES string of the molecule is Cc1ccc(/C=C\S(=O)(=O)Nc2cc(C)ccc2O)cc1. The molecule has 110 valence electrons. The summed E-state index contributed by atoms with van der Waals surface area (Å²) in [7, 11) is -3.67. The summed E-state index contributed by atoms with van der Waals surface area (Å²) < 4.78 is 26.3. The van der Waals surface area contributed by atoms with E-state index in [4.69, 9.17) is 0 Å². The van der Waals surface area contributed by atoms with Crippen LogP contribution in [0.15, 0.2) is 47.9 Å². The summed E-state index contributed by atoms with van der Waals surface area (Å²) in [6.45, 7) is 3.78. The van der Waals surface area contributed by atoms with Gasteiger partial charge in [-0.25, -0.2) is 8.42 Å². The highest BCUT2D eigenvalue weighted by Gasteiger charge is 2.09. The Morgan fingerprint density at radius 2 is 1.62 bits per heavy atom. The van der Waals surface area contributed by atoms with Crippen LogP contribution in [0.3, 0.4) is 0 Å². The molecule has 2 rings (SSSR count). The van der Waals surface area contributed by atoms with Gasteiger partial charge in [-0.3, -0.25) is 4.72 Å². The molecule has 0 aliphatic heterocycles. The quantitative estimate of drug-likeness (QED) is 0.850. The second-order valence-corrected chi connectivity index (χ2v) is 6.45. The molecule has 21 heavy (non-hydrogen) atoms. The van der Waals surface area contributed by atoms with Crippen LogP contribution in [0.2, 0.25) is 0 Å². The van der Waals surface area contributed by atoms with Crippen molar-refractivity contribution in [2.75, 3.05) is 4.72 Å². The molecule has 2 aromatic carbocycles. The van der Waals surface area contributed by atoms with Crippen molar-refractivity contribution in [1.29, 1.82) is 0 Å². The van der Waals surface area contributed by atoms with Gasteiger partial charge in [0.2, 0.25) is 0 Å². The molecule has 0 amide bonds. The molecule has 5 heteroatoms. The lowest BCUT2D eigenvalue weighted by molar-refractivity contribution is 0.477. The summed E-state index contributed by atoms with van der Waals surface area (Å²) in [4.78, 5) is 0. The van der Waals surface area contributed by atoms with Crippen LogP contribution in [0.1, 0.15) is 16.7 Å². The Kier molecular flexibility index (Phi) is 4.33. The fourth-order valence-electron chi connectivity index (χ4n) is 1.76. The zero-order chi connectivity index (χ0) is 15.5. The zero-order valence-electron chi connectivity index (χ0n) is 11.9. The van der Waals surface area contributed by atoms with E-state index in [-0.39, 0.29) is 11.4 Å². The Labute approximate surface area is 124 Å². The molecule has 0 aliphatic rings. The van der Waals surface area contributed by atoms with Gasteiger partial charge in [0.05, 0.1) is 11.1 Å². The van der Waals surface area contributed by atoms with Crippen LogP contribution in [-0.2, 0) is 10.0 Å². The van der Waals surface area contributed by atoms with Gasteiger partial charge in [-0.05, 0) is 43.2 Å². The Morgan fingerprint density at radius 1 is 1.00 bits per heavy atom. The average Bonchev–Trinajstić information content (AvgIpc) is 2.42. The number of phenolic OH excluding ortho intramolecular Hbond substituents is 1. The number of aryl methyl sites for hydroxylation is 2. The minimum atomic E-state index is -3.67. The molecule has 0 saturated heterocycles. The molecular formula is C16H17NO3S. The molecule has 0 fully saturated rings. The normalized spacial score (nSPS) is 11.7. The predicted molar refractivity (Wildman–Crippen MR) is 85.6 cm³/mol. The molecule has 2 aromatic rings. The highest BCUT2D eigenvalue weighted by atomic mass is 32.2. The average molecular weight is 303 g/mol. The van der Waals surface area contributed by atoms with Gasteiger partial charge < -0.3 is 5.11 Å². The largest absolute Gasteiger partial charge is 0.506 e. The van der Waals surface area contributed by atoms with E-state index in [1.54, 1.807) is 12.1 Å². The number of anilines is 1. The molecule has 2 N–H and O–H groups in total. The third-order valence-electron chi connectivity index (χ3n) is 2.92. The number of rotatable bonds is 4. The van der Waals surface area contributed by atoms with Crippen LogP contribution in [0, 0.1) is 13.8 Å². The molecule has 0 atom stereocenters. The van der Waals surface area contributed by atoms with E-state index in [0.717, 1.165) is 22.1 Å². The third kappa shape index (κ3) is 4.36. The number of phenols is 1. The number of hydrogen-bond donors (Lipinski definition) is 2. The van der Waals surface area contributed by atoms with E-state index in [2.05, 4.69) is 4.72 Å². The number of benzene rings is 2. The van der Waals surface area contributed by atoms with Crippen molar-refractivity contribution in [2.24, 2.45) is 0 Å². The van der Waals surface area contributed by atoms with Crippen LogP contribution in [0.5, 0.6) is 5.75 Å². The van der Waals surface area contributed by atoms with Crippen molar-refractivity contribution in [3.8, 4) is 5.75 Å². The van der Waals surface area contributed by atoms with E-state index < -0.39 is 10.0 Å². The molecule has 0 radical (unpaired) electrons. The lowest BCUT2D eigenvalue weighted by Crippen LogP contribution is -2.09. The molecular weight excluding hydrogens is 286 g/mol. The minimum Gasteiger partial charge on any atom is -0.506 e. The lowest BCUT2D eigenvalue weighted by atomic mass is 10.2. The summed E-state index contributed by atoms with van der Waals surface area (Å²) in [6, 6.07) is 12.2. The van der Waals surface area contributed by atoms with Crippen molar-refractivity contribution in [3.05, 3.63) is 64.6 Å². The first-order valence-electron chi connectivity index (χ1n) is 6.43. The second kappa shape index (κ2) is 6.01. The van der Waals surface area contributed by atoms with Crippen molar-refractivity contribution < 1.29 is 13.5 Å². The molecule has 0 spiro atoms.